The van der Waals surface area contributed by atoms with Crippen LogP contribution in [-0.4, -0.2) is 19.6 Å². The second-order valence-corrected chi connectivity index (χ2v) is 7.41. The fourth-order valence-electron chi connectivity index (χ4n) is 5.31. The zero-order valence-corrected chi connectivity index (χ0v) is 12.5. The van der Waals surface area contributed by atoms with Crippen molar-refractivity contribution >= 4 is 23.2 Å². The zero-order chi connectivity index (χ0) is 15.6. The first-order valence-electron chi connectivity index (χ1n) is 7.47. The average Bonchev–Trinajstić information content (AvgIpc) is 2.75. The zero-order valence-electron chi connectivity index (χ0n) is 11.8. The number of nitro groups is 2. The Morgan fingerprint density at radius 3 is 1.95 bits per heavy atom. The molecule has 8 nitrogen and oxygen atoms in total. The fraction of sp³-hybridized carbons (Fsp3) is 0.769. The molecule has 1 heterocycles. The van der Waals surface area contributed by atoms with Gasteiger partial charge in [-0.05, 0) is 70.8 Å². The molecule has 0 aromatic carbocycles. The first kappa shape index (κ1) is 13.9. The van der Waals surface area contributed by atoms with E-state index in [1.807, 2.05) is 0 Å². The third-order valence-corrected chi connectivity index (χ3v) is 5.93. The minimum absolute atomic E-state index is 0.421. The summed E-state index contributed by atoms with van der Waals surface area (Å²) in [6.07, 6.45) is 5.96. The third-order valence-electron chi connectivity index (χ3n) is 5.59. The Balaban J connectivity index is 1.87. The van der Waals surface area contributed by atoms with E-state index in [4.69, 9.17) is 11.6 Å². The van der Waals surface area contributed by atoms with Gasteiger partial charge in [-0.1, -0.05) is 11.6 Å². The summed E-state index contributed by atoms with van der Waals surface area (Å²) < 4.78 is 1.29. The van der Waals surface area contributed by atoms with Crippen LogP contribution in [0, 0.1) is 38.0 Å². The maximum atomic E-state index is 11.4. The molecule has 1 aromatic rings. The molecule has 0 amide bonds. The Bertz CT molecular complexity index is 651. The van der Waals surface area contributed by atoms with Crippen molar-refractivity contribution in [1.82, 2.24) is 9.78 Å². The highest BCUT2D eigenvalue weighted by molar-refractivity contribution is 6.34. The molecule has 4 bridgehead atoms. The van der Waals surface area contributed by atoms with E-state index in [0.717, 1.165) is 19.3 Å². The van der Waals surface area contributed by atoms with E-state index in [9.17, 15) is 20.2 Å². The van der Waals surface area contributed by atoms with E-state index in [2.05, 4.69) is 5.10 Å². The molecule has 0 atom stereocenters. The summed E-state index contributed by atoms with van der Waals surface area (Å²) in [6, 6.07) is 0. The van der Waals surface area contributed by atoms with Gasteiger partial charge < -0.3 is 20.2 Å². The van der Waals surface area contributed by atoms with E-state index in [1.54, 1.807) is 0 Å². The highest BCUT2D eigenvalue weighted by Gasteiger charge is 2.59. The summed E-state index contributed by atoms with van der Waals surface area (Å²) in [5.41, 5.74) is -0.463. The molecule has 4 aliphatic carbocycles. The molecule has 118 valence electrons. The van der Waals surface area contributed by atoms with Crippen molar-refractivity contribution in [1.29, 1.82) is 0 Å². The van der Waals surface area contributed by atoms with E-state index < -0.39 is 32.0 Å². The molecule has 1 aromatic heterocycles. The number of hydrogen-bond donors (Lipinski definition) is 0. The normalized spacial score (nSPS) is 35.8. The van der Waals surface area contributed by atoms with Crippen molar-refractivity contribution in [2.45, 2.75) is 44.1 Å². The molecule has 0 N–H and O–H groups in total. The Kier molecular flexibility index (Phi) is 2.79. The van der Waals surface area contributed by atoms with Gasteiger partial charge in [0.05, 0.1) is 0 Å². The van der Waals surface area contributed by atoms with Crippen molar-refractivity contribution in [3.63, 3.8) is 0 Å². The molecule has 4 saturated carbocycles. The third kappa shape index (κ3) is 1.79. The van der Waals surface area contributed by atoms with Crippen molar-refractivity contribution in [2.24, 2.45) is 17.8 Å². The first-order valence-corrected chi connectivity index (χ1v) is 7.85. The van der Waals surface area contributed by atoms with E-state index in [1.165, 1.54) is 23.9 Å². The lowest BCUT2D eigenvalue weighted by Crippen LogP contribution is -2.52. The van der Waals surface area contributed by atoms with Crippen molar-refractivity contribution in [3.8, 4) is 0 Å². The van der Waals surface area contributed by atoms with E-state index in [-0.39, 0.29) is 0 Å². The van der Waals surface area contributed by atoms with Gasteiger partial charge in [0, 0.05) is 0 Å². The topological polar surface area (TPSA) is 104 Å². The lowest BCUT2D eigenvalue weighted by atomic mass is 9.53. The predicted octanol–water partition coefficient (Wildman–Crippen LogP) is 3.28. The summed E-state index contributed by atoms with van der Waals surface area (Å²) in [4.78, 5) is 21.1. The van der Waals surface area contributed by atoms with Gasteiger partial charge in [0.15, 0.2) is 10.6 Å². The molecule has 0 aliphatic heterocycles. The Labute approximate surface area is 130 Å². The first-order chi connectivity index (χ1) is 10.4. The Morgan fingerprint density at radius 1 is 1.05 bits per heavy atom. The Hall–Kier alpha value is -1.70. The van der Waals surface area contributed by atoms with Gasteiger partial charge in [0.25, 0.3) is 0 Å². The lowest BCUT2D eigenvalue weighted by Gasteiger charge is -2.53. The summed E-state index contributed by atoms with van der Waals surface area (Å²) in [6.45, 7) is 0. The molecule has 4 fully saturated rings. The summed E-state index contributed by atoms with van der Waals surface area (Å²) >= 11 is 5.89. The number of halogens is 1. The molecule has 0 radical (unpaired) electrons. The van der Waals surface area contributed by atoms with Crippen LogP contribution in [0.3, 0.4) is 0 Å². The highest BCUT2D eigenvalue weighted by atomic mass is 35.5. The number of aromatic nitrogens is 2. The molecule has 22 heavy (non-hydrogen) atoms. The average molecular weight is 327 g/mol. The van der Waals surface area contributed by atoms with Gasteiger partial charge in [0.1, 0.15) is 0 Å². The molecule has 0 saturated heterocycles. The maximum Gasteiger partial charge on any atom is 0.439 e. The monoisotopic (exact) mass is 326 g/mol. The van der Waals surface area contributed by atoms with Crippen LogP contribution in [0.5, 0.6) is 0 Å². The minimum Gasteiger partial charge on any atom is -0.358 e. The van der Waals surface area contributed by atoms with Crippen LogP contribution >= 0.6 is 11.6 Å². The van der Waals surface area contributed by atoms with Crippen LogP contribution in [0.1, 0.15) is 38.5 Å². The Morgan fingerprint density at radius 2 is 1.55 bits per heavy atom. The predicted molar refractivity (Wildman–Crippen MR) is 76.7 cm³/mol. The maximum absolute atomic E-state index is 11.4. The number of hydrogen-bond acceptors (Lipinski definition) is 5. The highest BCUT2D eigenvalue weighted by Crippen LogP contribution is 2.60. The SMILES string of the molecule is O=[N+]([O-])c1nn(C23CC4CC(CC(C4)C2)C3)c([N+](=O)[O-])c1Cl. The van der Waals surface area contributed by atoms with E-state index in [0.29, 0.717) is 17.8 Å². The largest absolute Gasteiger partial charge is 0.439 e. The molecule has 0 spiro atoms. The fourth-order valence-corrected chi connectivity index (χ4v) is 5.56. The van der Waals surface area contributed by atoms with Crippen LogP contribution in [0.15, 0.2) is 0 Å². The minimum atomic E-state index is -0.744. The van der Waals surface area contributed by atoms with Gasteiger partial charge in [-0.25, -0.2) is 0 Å². The van der Waals surface area contributed by atoms with Crippen LogP contribution < -0.4 is 0 Å². The summed E-state index contributed by atoms with van der Waals surface area (Å²) in [7, 11) is 0. The van der Waals surface area contributed by atoms with Crippen molar-refractivity contribution < 1.29 is 9.85 Å². The molecule has 0 unspecified atom stereocenters. The molecule has 4 aliphatic rings. The van der Waals surface area contributed by atoms with Crippen LogP contribution in [0.4, 0.5) is 11.6 Å². The van der Waals surface area contributed by atoms with Gasteiger partial charge in [-0.2, -0.15) is 0 Å². The number of nitrogens with zero attached hydrogens (tertiary/aromatic N) is 4. The van der Waals surface area contributed by atoms with E-state index >= 15 is 0 Å². The number of rotatable bonds is 3. The van der Waals surface area contributed by atoms with Gasteiger partial charge in [-0.3, -0.25) is 0 Å². The molecular weight excluding hydrogens is 312 g/mol. The van der Waals surface area contributed by atoms with Crippen molar-refractivity contribution in [3.05, 3.63) is 25.3 Å². The molecule has 5 rings (SSSR count). The van der Waals surface area contributed by atoms with Crippen LogP contribution in [-0.2, 0) is 5.54 Å². The second-order valence-electron chi connectivity index (χ2n) is 7.03. The summed E-state index contributed by atoms with van der Waals surface area (Å²) in [5, 5.41) is 26.0. The summed E-state index contributed by atoms with van der Waals surface area (Å²) in [5.74, 6) is 0.619. The smallest absolute Gasteiger partial charge is 0.358 e. The standard InChI is InChI=1S/C13H15ClN4O4/c14-10-11(17(19)20)15-16(12(10)18(21)22)13-4-7-1-8(5-13)3-9(2-7)6-13/h7-9H,1-6H2. The van der Waals surface area contributed by atoms with Crippen LogP contribution in [0.25, 0.3) is 0 Å². The van der Waals surface area contributed by atoms with Gasteiger partial charge in [0.2, 0.25) is 5.02 Å². The van der Waals surface area contributed by atoms with Gasteiger partial charge >= 0.3 is 11.6 Å². The second kappa shape index (κ2) is 4.41. The van der Waals surface area contributed by atoms with Crippen LogP contribution in [0.2, 0.25) is 5.02 Å². The van der Waals surface area contributed by atoms with Gasteiger partial charge in [-0.15, -0.1) is 0 Å². The lowest BCUT2D eigenvalue weighted by molar-refractivity contribution is -0.396. The quantitative estimate of drug-likeness (QED) is 0.626. The van der Waals surface area contributed by atoms with Crippen molar-refractivity contribution in [2.75, 3.05) is 0 Å². The molecule has 9 heteroatoms. The molecular formula is C13H15ClN4O4.